The van der Waals surface area contributed by atoms with Gasteiger partial charge in [-0.3, -0.25) is 4.79 Å². The zero-order chi connectivity index (χ0) is 19.7. The molecule has 0 aromatic heterocycles. The number of rotatable bonds is 4. The van der Waals surface area contributed by atoms with Crippen molar-refractivity contribution in [1.29, 1.82) is 0 Å². The summed E-state index contributed by atoms with van der Waals surface area (Å²) < 4.78 is 27.2. The van der Waals surface area contributed by atoms with E-state index in [0.717, 1.165) is 37.7 Å². The molecule has 0 bridgehead atoms. The number of halogens is 1. The van der Waals surface area contributed by atoms with E-state index in [2.05, 4.69) is 11.4 Å². The van der Waals surface area contributed by atoms with Crippen LogP contribution in [0.4, 0.5) is 0 Å². The third kappa shape index (κ3) is 3.69. The minimum absolute atomic E-state index is 0.00719. The lowest BCUT2D eigenvalue weighted by atomic mass is 9.87. The zero-order valence-electron chi connectivity index (χ0n) is 15.5. The minimum atomic E-state index is -3.69. The Morgan fingerprint density at radius 3 is 2.61 bits per heavy atom. The Morgan fingerprint density at radius 2 is 1.82 bits per heavy atom. The van der Waals surface area contributed by atoms with Crippen LogP contribution in [0.15, 0.2) is 47.4 Å². The van der Waals surface area contributed by atoms with Gasteiger partial charge in [-0.05, 0) is 61.4 Å². The Hall–Kier alpha value is -1.89. The number of aryl methyl sites for hydroxylation is 1. The maximum absolute atomic E-state index is 12.9. The molecular formula is C21H23ClN2O3S. The van der Waals surface area contributed by atoms with E-state index in [9.17, 15) is 13.2 Å². The van der Waals surface area contributed by atoms with Gasteiger partial charge >= 0.3 is 0 Å². The van der Waals surface area contributed by atoms with Crippen molar-refractivity contribution in [3.63, 3.8) is 0 Å². The van der Waals surface area contributed by atoms with Gasteiger partial charge in [0.05, 0.1) is 11.1 Å². The number of benzene rings is 2. The second kappa shape index (κ2) is 7.85. The molecule has 0 unspecified atom stereocenters. The number of amides is 1. The van der Waals surface area contributed by atoms with Gasteiger partial charge in [-0.2, -0.15) is 4.31 Å². The van der Waals surface area contributed by atoms with Crippen LogP contribution >= 0.6 is 11.6 Å². The molecule has 7 heteroatoms. The fourth-order valence-corrected chi connectivity index (χ4v) is 6.07. The molecule has 148 valence electrons. The molecule has 1 fully saturated rings. The predicted octanol–water partition coefficient (Wildman–Crippen LogP) is 3.93. The summed E-state index contributed by atoms with van der Waals surface area (Å²) in [6.45, 7) is 0.988. The summed E-state index contributed by atoms with van der Waals surface area (Å²) in [4.78, 5) is 12.9. The normalized spacial score (nSPS) is 20.0. The molecule has 1 heterocycles. The first-order valence-electron chi connectivity index (χ1n) is 9.65. The highest BCUT2D eigenvalue weighted by Crippen LogP contribution is 2.31. The first-order valence-corrected chi connectivity index (χ1v) is 11.5. The van der Waals surface area contributed by atoms with Crippen LogP contribution in [0.3, 0.4) is 0 Å². The van der Waals surface area contributed by atoms with Crippen LogP contribution < -0.4 is 5.32 Å². The molecule has 2 aliphatic rings. The van der Waals surface area contributed by atoms with Crippen molar-refractivity contribution in [2.45, 2.75) is 43.0 Å². The molecule has 5 nitrogen and oxygen atoms in total. The average molecular weight is 419 g/mol. The average Bonchev–Trinajstić information content (AvgIpc) is 3.24. The fourth-order valence-electron chi connectivity index (χ4n) is 4.06. The van der Waals surface area contributed by atoms with E-state index in [4.69, 9.17) is 11.6 Å². The standard InChI is InChI=1S/C21H23ClN2O3S/c22-18-11-10-16(14-20(18)28(26,27)24-12-3-4-13-24)21(25)23-19-9-5-7-15-6-1-2-8-17(15)19/h1-2,6,8,10-11,14,19H,3-5,7,9,12-13H2,(H,23,25)/t19-/m0/s1. The highest BCUT2D eigenvalue weighted by molar-refractivity contribution is 7.89. The van der Waals surface area contributed by atoms with Gasteiger partial charge < -0.3 is 5.32 Å². The Labute approximate surface area is 170 Å². The van der Waals surface area contributed by atoms with E-state index in [0.29, 0.717) is 18.7 Å². The maximum atomic E-state index is 12.9. The first kappa shape index (κ1) is 19.4. The van der Waals surface area contributed by atoms with Gasteiger partial charge in [0.2, 0.25) is 10.0 Å². The van der Waals surface area contributed by atoms with Crippen LogP contribution in [0.2, 0.25) is 5.02 Å². The number of hydrogen-bond acceptors (Lipinski definition) is 3. The fraction of sp³-hybridized carbons (Fsp3) is 0.381. The lowest BCUT2D eigenvalue weighted by molar-refractivity contribution is 0.0932. The third-order valence-corrected chi connectivity index (χ3v) is 7.93. The van der Waals surface area contributed by atoms with Crippen molar-refractivity contribution in [1.82, 2.24) is 9.62 Å². The van der Waals surface area contributed by atoms with Crippen LogP contribution in [-0.2, 0) is 16.4 Å². The van der Waals surface area contributed by atoms with Gasteiger partial charge in [0.1, 0.15) is 4.90 Å². The molecule has 2 aromatic rings. The second-order valence-corrected chi connectivity index (χ2v) is 9.69. The monoisotopic (exact) mass is 418 g/mol. The largest absolute Gasteiger partial charge is 0.345 e. The van der Waals surface area contributed by atoms with E-state index in [-0.39, 0.29) is 21.9 Å². The molecule has 0 radical (unpaired) electrons. The summed E-state index contributed by atoms with van der Waals surface area (Å²) in [6, 6.07) is 12.5. The summed E-state index contributed by atoms with van der Waals surface area (Å²) in [5.41, 5.74) is 2.71. The topological polar surface area (TPSA) is 66.5 Å². The van der Waals surface area contributed by atoms with Gasteiger partial charge in [0.15, 0.2) is 0 Å². The SMILES string of the molecule is O=C(N[C@H]1CCCc2ccccc21)c1ccc(Cl)c(S(=O)(=O)N2CCCC2)c1. The van der Waals surface area contributed by atoms with E-state index in [1.165, 1.54) is 22.0 Å². The maximum Gasteiger partial charge on any atom is 0.251 e. The Morgan fingerprint density at radius 1 is 1.07 bits per heavy atom. The molecule has 1 aliphatic heterocycles. The first-order chi connectivity index (χ1) is 13.5. The number of carbonyl (C=O) groups excluding carboxylic acids is 1. The van der Waals surface area contributed by atoms with Gasteiger partial charge in [-0.25, -0.2) is 8.42 Å². The van der Waals surface area contributed by atoms with Gasteiger partial charge in [0, 0.05) is 18.7 Å². The summed E-state index contributed by atoms with van der Waals surface area (Å²) in [6.07, 6.45) is 4.59. The van der Waals surface area contributed by atoms with Crippen LogP contribution in [0.25, 0.3) is 0 Å². The molecule has 4 rings (SSSR count). The molecular weight excluding hydrogens is 396 g/mol. The lowest BCUT2D eigenvalue weighted by Gasteiger charge is -2.26. The predicted molar refractivity (Wildman–Crippen MR) is 109 cm³/mol. The van der Waals surface area contributed by atoms with E-state index >= 15 is 0 Å². The molecule has 1 N–H and O–H groups in total. The van der Waals surface area contributed by atoms with Crippen LogP contribution in [0.5, 0.6) is 0 Å². The van der Waals surface area contributed by atoms with Crippen molar-refractivity contribution in [2.75, 3.05) is 13.1 Å². The highest BCUT2D eigenvalue weighted by atomic mass is 35.5. The molecule has 1 aliphatic carbocycles. The lowest BCUT2D eigenvalue weighted by Crippen LogP contribution is -2.31. The molecule has 0 spiro atoms. The third-order valence-electron chi connectivity index (χ3n) is 5.55. The summed E-state index contributed by atoms with van der Waals surface area (Å²) >= 11 is 6.19. The zero-order valence-corrected chi connectivity index (χ0v) is 17.1. The van der Waals surface area contributed by atoms with Crippen molar-refractivity contribution < 1.29 is 13.2 Å². The number of sulfonamides is 1. The number of carbonyl (C=O) groups is 1. The van der Waals surface area contributed by atoms with E-state index in [1.54, 1.807) is 6.07 Å². The molecule has 1 saturated heterocycles. The quantitative estimate of drug-likeness (QED) is 0.817. The van der Waals surface area contributed by atoms with Crippen LogP contribution in [-0.4, -0.2) is 31.7 Å². The summed E-state index contributed by atoms with van der Waals surface area (Å²) in [7, 11) is -3.69. The van der Waals surface area contributed by atoms with Gasteiger partial charge in [-0.15, -0.1) is 0 Å². The summed E-state index contributed by atoms with van der Waals surface area (Å²) in [5, 5.41) is 3.21. The van der Waals surface area contributed by atoms with Crippen LogP contribution in [0, 0.1) is 0 Å². The number of nitrogens with one attached hydrogen (secondary N) is 1. The summed E-state index contributed by atoms with van der Waals surface area (Å²) in [5.74, 6) is -0.281. The van der Waals surface area contributed by atoms with Crippen molar-refractivity contribution in [3.8, 4) is 0 Å². The Balaban J connectivity index is 1.59. The highest BCUT2D eigenvalue weighted by Gasteiger charge is 2.30. The molecule has 1 amide bonds. The minimum Gasteiger partial charge on any atom is -0.345 e. The van der Waals surface area contributed by atoms with Crippen molar-refractivity contribution in [3.05, 3.63) is 64.2 Å². The van der Waals surface area contributed by atoms with Crippen LogP contribution in [0.1, 0.15) is 53.2 Å². The smallest absolute Gasteiger partial charge is 0.251 e. The van der Waals surface area contributed by atoms with E-state index in [1.807, 2.05) is 18.2 Å². The molecule has 2 aromatic carbocycles. The Bertz CT molecular complexity index is 1000. The van der Waals surface area contributed by atoms with Crippen molar-refractivity contribution in [2.24, 2.45) is 0 Å². The van der Waals surface area contributed by atoms with E-state index < -0.39 is 10.0 Å². The number of hydrogen-bond donors (Lipinski definition) is 1. The van der Waals surface area contributed by atoms with Crippen molar-refractivity contribution >= 4 is 27.5 Å². The Kier molecular flexibility index (Phi) is 5.45. The second-order valence-electron chi connectivity index (χ2n) is 7.37. The van der Waals surface area contributed by atoms with Gasteiger partial charge in [0.25, 0.3) is 5.91 Å². The van der Waals surface area contributed by atoms with Gasteiger partial charge in [-0.1, -0.05) is 35.9 Å². The molecule has 28 heavy (non-hydrogen) atoms. The molecule has 0 saturated carbocycles. The molecule has 1 atom stereocenters. The number of nitrogens with zero attached hydrogens (tertiary/aromatic N) is 1. The number of fused-ring (bicyclic) bond motifs is 1.